The molecule has 1 aromatic heterocycles. The Balaban J connectivity index is 1.79. The fraction of sp³-hybridized carbons (Fsp3) is 0.476. The molecule has 8 heteroatoms. The highest BCUT2D eigenvalue weighted by molar-refractivity contribution is 5.90. The summed E-state index contributed by atoms with van der Waals surface area (Å²) in [5, 5.41) is 33.8. The van der Waals surface area contributed by atoms with E-state index in [0.29, 0.717) is 18.4 Å². The number of hydrogen-bond acceptors (Lipinski definition) is 7. The molecule has 29 heavy (non-hydrogen) atoms. The van der Waals surface area contributed by atoms with Crippen LogP contribution < -0.4 is 16.0 Å². The van der Waals surface area contributed by atoms with E-state index in [1.165, 1.54) is 6.07 Å². The van der Waals surface area contributed by atoms with Gasteiger partial charge in [0.25, 0.3) is 0 Å². The Morgan fingerprint density at radius 3 is 2.55 bits per heavy atom. The van der Waals surface area contributed by atoms with Gasteiger partial charge < -0.3 is 29.8 Å². The van der Waals surface area contributed by atoms with Crippen LogP contribution in [0, 0.1) is 12.3 Å². The van der Waals surface area contributed by atoms with Gasteiger partial charge in [-0.15, -0.1) is 0 Å². The second-order valence-electron chi connectivity index (χ2n) is 7.89. The van der Waals surface area contributed by atoms with Gasteiger partial charge in [-0.1, -0.05) is 19.3 Å². The lowest BCUT2D eigenvalue weighted by atomic mass is 9.71. The Morgan fingerprint density at radius 1 is 1.21 bits per heavy atom. The molecule has 0 unspecified atom stereocenters. The zero-order valence-electron chi connectivity index (χ0n) is 16.2. The summed E-state index contributed by atoms with van der Waals surface area (Å²) in [5.74, 6) is -2.06. The zero-order valence-corrected chi connectivity index (χ0v) is 16.2. The van der Waals surface area contributed by atoms with Crippen molar-refractivity contribution in [3.05, 3.63) is 33.7 Å². The summed E-state index contributed by atoms with van der Waals surface area (Å²) in [6.45, 7) is 1.80. The van der Waals surface area contributed by atoms with Crippen LogP contribution in [-0.2, 0) is 16.0 Å². The average molecular weight is 402 g/mol. The lowest BCUT2D eigenvalue weighted by Crippen LogP contribution is -2.43. The number of benzene rings is 1. The van der Waals surface area contributed by atoms with E-state index < -0.39 is 22.9 Å². The van der Waals surface area contributed by atoms with E-state index in [1.807, 2.05) is 0 Å². The van der Waals surface area contributed by atoms with Crippen LogP contribution in [0.5, 0.6) is 11.5 Å². The maximum absolute atomic E-state index is 12.5. The minimum atomic E-state index is -1.13. The number of nitrogens with one attached hydrogen (secondary N) is 1. The highest BCUT2D eigenvalue weighted by atomic mass is 16.4. The van der Waals surface area contributed by atoms with Gasteiger partial charge in [-0.25, -0.2) is 4.79 Å². The lowest BCUT2D eigenvalue weighted by Gasteiger charge is -2.37. The second kappa shape index (κ2) is 8.14. The molecular formula is C21H24NO7-. The Bertz CT molecular complexity index is 1000. The molecular weight excluding hydrogens is 378 g/mol. The van der Waals surface area contributed by atoms with Gasteiger partial charge in [-0.3, -0.25) is 4.79 Å². The van der Waals surface area contributed by atoms with Gasteiger partial charge in [0.2, 0.25) is 5.91 Å². The SMILES string of the molecule is Cc1c(CC(=O)NCC2(CC(=O)[O-])CCCCC2)c(=O)oc2cc(O)cc(O)c12. The van der Waals surface area contributed by atoms with E-state index >= 15 is 0 Å². The molecule has 156 valence electrons. The van der Waals surface area contributed by atoms with Gasteiger partial charge in [0.05, 0.1) is 17.4 Å². The topological polar surface area (TPSA) is 140 Å². The van der Waals surface area contributed by atoms with Crippen LogP contribution in [0.3, 0.4) is 0 Å². The van der Waals surface area contributed by atoms with E-state index in [1.54, 1.807) is 6.92 Å². The molecule has 1 aliphatic carbocycles. The molecule has 0 radical (unpaired) electrons. The second-order valence-corrected chi connectivity index (χ2v) is 7.89. The third-order valence-electron chi connectivity index (χ3n) is 5.77. The normalized spacial score (nSPS) is 15.9. The van der Waals surface area contributed by atoms with Crippen LogP contribution in [0.4, 0.5) is 0 Å². The molecule has 0 saturated heterocycles. The van der Waals surface area contributed by atoms with Gasteiger partial charge in [-0.05, 0) is 37.2 Å². The minimum Gasteiger partial charge on any atom is -0.550 e. The number of carboxylic acids is 1. The first-order valence-corrected chi connectivity index (χ1v) is 9.66. The molecule has 1 amide bonds. The number of carbonyl (C=O) groups excluding carboxylic acids is 2. The lowest BCUT2D eigenvalue weighted by molar-refractivity contribution is -0.308. The Morgan fingerprint density at radius 2 is 1.90 bits per heavy atom. The number of fused-ring (bicyclic) bond motifs is 1. The molecule has 0 spiro atoms. The number of hydrogen-bond donors (Lipinski definition) is 3. The fourth-order valence-corrected chi connectivity index (χ4v) is 4.25. The number of aryl methyl sites for hydroxylation is 1. The van der Waals surface area contributed by atoms with Crippen molar-refractivity contribution < 1.29 is 29.3 Å². The molecule has 1 heterocycles. The van der Waals surface area contributed by atoms with Crippen LogP contribution in [-0.4, -0.2) is 28.6 Å². The van der Waals surface area contributed by atoms with Crippen LogP contribution in [0.25, 0.3) is 11.0 Å². The smallest absolute Gasteiger partial charge is 0.340 e. The van der Waals surface area contributed by atoms with E-state index in [0.717, 1.165) is 25.3 Å². The van der Waals surface area contributed by atoms with E-state index in [-0.39, 0.29) is 47.4 Å². The largest absolute Gasteiger partial charge is 0.550 e. The van der Waals surface area contributed by atoms with Crippen molar-refractivity contribution in [1.29, 1.82) is 0 Å². The first-order chi connectivity index (χ1) is 13.7. The summed E-state index contributed by atoms with van der Waals surface area (Å²) < 4.78 is 5.16. The Labute approximate surface area is 167 Å². The molecule has 2 aromatic rings. The summed E-state index contributed by atoms with van der Waals surface area (Å²) >= 11 is 0. The van der Waals surface area contributed by atoms with Crippen molar-refractivity contribution in [2.75, 3.05) is 6.54 Å². The third-order valence-corrected chi connectivity index (χ3v) is 5.77. The molecule has 0 bridgehead atoms. The number of amides is 1. The fourth-order valence-electron chi connectivity index (χ4n) is 4.25. The highest BCUT2D eigenvalue weighted by Gasteiger charge is 2.32. The predicted molar refractivity (Wildman–Crippen MR) is 102 cm³/mol. The molecule has 8 nitrogen and oxygen atoms in total. The van der Waals surface area contributed by atoms with Crippen molar-refractivity contribution in [2.45, 2.75) is 51.9 Å². The van der Waals surface area contributed by atoms with Gasteiger partial charge in [0, 0.05) is 24.6 Å². The quantitative estimate of drug-likeness (QED) is 0.618. The van der Waals surface area contributed by atoms with Crippen molar-refractivity contribution in [3.8, 4) is 11.5 Å². The molecule has 1 fully saturated rings. The van der Waals surface area contributed by atoms with Crippen LogP contribution in [0.1, 0.15) is 49.7 Å². The molecule has 3 rings (SSSR count). The number of rotatable bonds is 6. The van der Waals surface area contributed by atoms with E-state index in [4.69, 9.17) is 4.42 Å². The molecule has 1 aliphatic rings. The van der Waals surface area contributed by atoms with Crippen molar-refractivity contribution in [3.63, 3.8) is 0 Å². The number of carboxylic acid groups (broad SMARTS) is 1. The van der Waals surface area contributed by atoms with Crippen LogP contribution in [0.2, 0.25) is 0 Å². The number of aromatic hydroxyl groups is 2. The molecule has 0 atom stereocenters. The third kappa shape index (κ3) is 4.52. The summed E-state index contributed by atoms with van der Waals surface area (Å²) in [7, 11) is 0. The number of phenols is 2. The zero-order chi connectivity index (χ0) is 21.2. The van der Waals surface area contributed by atoms with E-state index in [9.17, 15) is 29.7 Å². The Hall–Kier alpha value is -3.03. The van der Waals surface area contributed by atoms with Crippen LogP contribution >= 0.6 is 0 Å². The number of carbonyl (C=O) groups is 2. The standard InChI is InChI=1S/C21H25NO7/c1-12-14(20(28)29-16-8-13(23)7-15(24)19(12)16)9-17(25)22-11-21(10-18(26)27)5-3-2-4-6-21/h7-8,23-24H,2-6,9-11H2,1H3,(H,22,25)(H,26,27)/p-1. The average Bonchev–Trinajstić information content (AvgIpc) is 2.63. The monoisotopic (exact) mass is 402 g/mol. The number of aliphatic carboxylic acids is 1. The van der Waals surface area contributed by atoms with Gasteiger partial charge in [-0.2, -0.15) is 0 Å². The molecule has 1 aromatic carbocycles. The maximum Gasteiger partial charge on any atom is 0.340 e. The summed E-state index contributed by atoms with van der Waals surface area (Å²) in [5.41, 5.74) is -0.716. The summed E-state index contributed by atoms with van der Waals surface area (Å²) in [6, 6.07) is 2.35. The number of phenolic OH excluding ortho intramolecular Hbond substituents is 2. The maximum atomic E-state index is 12.5. The Kier molecular flexibility index (Phi) is 5.81. The van der Waals surface area contributed by atoms with Gasteiger partial charge >= 0.3 is 5.63 Å². The summed E-state index contributed by atoms with van der Waals surface area (Å²) in [6.07, 6.45) is 3.89. The van der Waals surface area contributed by atoms with Crippen LogP contribution in [0.15, 0.2) is 21.3 Å². The first-order valence-electron chi connectivity index (χ1n) is 9.66. The van der Waals surface area contributed by atoms with Gasteiger partial charge in [0.15, 0.2) is 0 Å². The predicted octanol–water partition coefficient (Wildman–Crippen LogP) is 1.26. The first kappa shape index (κ1) is 20.7. The highest BCUT2D eigenvalue weighted by Crippen LogP contribution is 2.38. The minimum absolute atomic E-state index is 0.0317. The van der Waals surface area contributed by atoms with Crippen molar-refractivity contribution in [2.24, 2.45) is 5.41 Å². The molecule has 1 saturated carbocycles. The van der Waals surface area contributed by atoms with Crippen molar-refractivity contribution in [1.82, 2.24) is 5.32 Å². The van der Waals surface area contributed by atoms with Crippen molar-refractivity contribution >= 4 is 22.8 Å². The summed E-state index contributed by atoms with van der Waals surface area (Å²) in [4.78, 5) is 36.0. The molecule has 0 aliphatic heterocycles. The molecule has 3 N–H and O–H groups in total. The van der Waals surface area contributed by atoms with Gasteiger partial charge in [0.1, 0.15) is 17.1 Å². The van der Waals surface area contributed by atoms with E-state index in [2.05, 4.69) is 5.32 Å².